The van der Waals surface area contributed by atoms with Gasteiger partial charge >= 0.3 is 0 Å². The standard InChI is InChI=1S/C13H14BrF2NO/c14-11-7-9(17)1-2-10(11)12(18)8-3-5-13(15,16)6-4-8/h1-2,7-8H,3-6,17H2. The van der Waals surface area contributed by atoms with Crippen LogP contribution in [-0.4, -0.2) is 11.7 Å². The van der Waals surface area contributed by atoms with Gasteiger partial charge in [0.25, 0.3) is 0 Å². The second-order valence-electron chi connectivity index (χ2n) is 4.73. The highest BCUT2D eigenvalue weighted by molar-refractivity contribution is 9.10. The zero-order valence-corrected chi connectivity index (χ0v) is 11.3. The minimum atomic E-state index is -2.60. The molecule has 0 spiro atoms. The third-order valence-electron chi connectivity index (χ3n) is 3.35. The molecule has 1 aliphatic rings. The quantitative estimate of drug-likeness (QED) is 0.660. The summed E-state index contributed by atoms with van der Waals surface area (Å²) < 4.78 is 26.7. The van der Waals surface area contributed by atoms with Gasteiger partial charge in [0.1, 0.15) is 0 Å². The van der Waals surface area contributed by atoms with Gasteiger partial charge in [0.2, 0.25) is 5.92 Å². The molecule has 1 aliphatic carbocycles. The Morgan fingerprint density at radius 1 is 1.33 bits per heavy atom. The molecule has 0 aromatic heterocycles. The van der Waals surface area contributed by atoms with Crippen LogP contribution in [0.25, 0.3) is 0 Å². The molecule has 2 N–H and O–H groups in total. The summed E-state index contributed by atoms with van der Waals surface area (Å²) in [5.74, 6) is -2.98. The molecule has 1 fully saturated rings. The number of nitrogens with two attached hydrogens (primary N) is 1. The largest absolute Gasteiger partial charge is 0.399 e. The first-order valence-electron chi connectivity index (χ1n) is 5.86. The van der Waals surface area contributed by atoms with Gasteiger partial charge in [0, 0.05) is 34.5 Å². The first-order valence-corrected chi connectivity index (χ1v) is 6.65. The molecule has 0 heterocycles. The van der Waals surface area contributed by atoms with E-state index in [9.17, 15) is 13.6 Å². The number of hydrogen-bond acceptors (Lipinski definition) is 2. The Balaban J connectivity index is 2.13. The minimum Gasteiger partial charge on any atom is -0.399 e. The fourth-order valence-corrected chi connectivity index (χ4v) is 2.85. The number of Topliss-reactive ketones (excluding diaryl/α,β-unsaturated/α-hetero) is 1. The fourth-order valence-electron chi connectivity index (χ4n) is 2.25. The molecule has 5 heteroatoms. The number of carbonyl (C=O) groups excluding carboxylic acids is 1. The van der Waals surface area contributed by atoms with E-state index in [1.807, 2.05) is 0 Å². The summed E-state index contributed by atoms with van der Waals surface area (Å²) in [5.41, 5.74) is 6.69. The van der Waals surface area contributed by atoms with Gasteiger partial charge in [-0.05, 0) is 47.0 Å². The van der Waals surface area contributed by atoms with E-state index in [4.69, 9.17) is 5.73 Å². The lowest BCUT2D eigenvalue weighted by atomic mass is 9.82. The molecule has 1 saturated carbocycles. The number of carbonyl (C=O) groups is 1. The SMILES string of the molecule is Nc1ccc(C(=O)C2CCC(F)(F)CC2)c(Br)c1. The summed E-state index contributed by atoms with van der Waals surface area (Å²) in [7, 11) is 0. The van der Waals surface area contributed by atoms with Crippen molar-refractivity contribution >= 4 is 27.4 Å². The molecule has 0 bridgehead atoms. The maximum Gasteiger partial charge on any atom is 0.248 e. The van der Waals surface area contributed by atoms with Crippen molar-refractivity contribution < 1.29 is 13.6 Å². The van der Waals surface area contributed by atoms with Crippen LogP contribution in [0.15, 0.2) is 22.7 Å². The van der Waals surface area contributed by atoms with Crippen molar-refractivity contribution in [2.75, 3.05) is 5.73 Å². The molecule has 0 atom stereocenters. The summed E-state index contributed by atoms with van der Waals surface area (Å²) in [6.45, 7) is 0. The van der Waals surface area contributed by atoms with Crippen LogP contribution in [0.2, 0.25) is 0 Å². The number of hydrogen-bond donors (Lipinski definition) is 1. The zero-order valence-electron chi connectivity index (χ0n) is 9.76. The van der Waals surface area contributed by atoms with Crippen molar-refractivity contribution in [3.63, 3.8) is 0 Å². The molecule has 0 saturated heterocycles. The van der Waals surface area contributed by atoms with E-state index in [2.05, 4.69) is 15.9 Å². The van der Waals surface area contributed by atoms with Crippen LogP contribution in [0.5, 0.6) is 0 Å². The van der Waals surface area contributed by atoms with Gasteiger partial charge < -0.3 is 5.73 Å². The smallest absolute Gasteiger partial charge is 0.248 e. The van der Waals surface area contributed by atoms with E-state index in [0.717, 1.165) is 0 Å². The van der Waals surface area contributed by atoms with E-state index in [0.29, 0.717) is 15.7 Å². The van der Waals surface area contributed by atoms with Crippen molar-refractivity contribution in [2.24, 2.45) is 5.92 Å². The Morgan fingerprint density at radius 2 is 1.94 bits per heavy atom. The average molecular weight is 318 g/mol. The number of rotatable bonds is 2. The molecule has 2 rings (SSSR count). The first-order chi connectivity index (χ1) is 8.39. The molecular weight excluding hydrogens is 304 g/mol. The number of benzene rings is 1. The molecular formula is C13H14BrF2NO. The zero-order chi connectivity index (χ0) is 13.3. The van der Waals surface area contributed by atoms with Gasteiger partial charge in [-0.25, -0.2) is 8.78 Å². The second kappa shape index (κ2) is 4.96. The maximum atomic E-state index is 13.0. The predicted molar refractivity (Wildman–Crippen MR) is 69.8 cm³/mol. The first kappa shape index (κ1) is 13.5. The molecule has 0 unspecified atom stereocenters. The fraction of sp³-hybridized carbons (Fsp3) is 0.462. The van der Waals surface area contributed by atoms with E-state index in [1.54, 1.807) is 18.2 Å². The van der Waals surface area contributed by atoms with Gasteiger partial charge in [-0.15, -0.1) is 0 Å². The van der Waals surface area contributed by atoms with Crippen LogP contribution in [0.1, 0.15) is 36.0 Å². The summed E-state index contributed by atoms with van der Waals surface area (Å²) in [4.78, 5) is 12.2. The number of anilines is 1. The summed E-state index contributed by atoms with van der Waals surface area (Å²) in [6, 6.07) is 4.95. The summed E-state index contributed by atoms with van der Waals surface area (Å²) in [6.07, 6.45) is 0.108. The Hall–Kier alpha value is -0.970. The van der Waals surface area contributed by atoms with Crippen molar-refractivity contribution in [3.05, 3.63) is 28.2 Å². The van der Waals surface area contributed by atoms with Crippen LogP contribution in [-0.2, 0) is 0 Å². The van der Waals surface area contributed by atoms with Crippen molar-refractivity contribution in [1.29, 1.82) is 0 Å². The minimum absolute atomic E-state index is 0.0719. The van der Waals surface area contributed by atoms with Crippen LogP contribution in [0, 0.1) is 5.92 Å². The highest BCUT2D eigenvalue weighted by atomic mass is 79.9. The van der Waals surface area contributed by atoms with Crippen molar-refractivity contribution in [3.8, 4) is 0 Å². The summed E-state index contributed by atoms with van der Waals surface area (Å²) >= 11 is 3.29. The molecule has 98 valence electrons. The second-order valence-corrected chi connectivity index (χ2v) is 5.59. The lowest BCUT2D eigenvalue weighted by molar-refractivity contribution is -0.0424. The average Bonchev–Trinajstić information content (AvgIpc) is 2.28. The lowest BCUT2D eigenvalue weighted by Gasteiger charge is -2.27. The number of nitrogen functional groups attached to an aromatic ring is 1. The molecule has 1 aromatic carbocycles. The predicted octanol–water partition coefficient (Wildman–Crippen LogP) is 4.04. The molecule has 18 heavy (non-hydrogen) atoms. The highest BCUT2D eigenvalue weighted by Gasteiger charge is 2.37. The molecule has 0 amide bonds. The van der Waals surface area contributed by atoms with Crippen molar-refractivity contribution in [2.45, 2.75) is 31.6 Å². The maximum absolute atomic E-state index is 13.0. The van der Waals surface area contributed by atoms with Gasteiger partial charge in [-0.2, -0.15) is 0 Å². The normalized spacial score (nSPS) is 19.7. The topological polar surface area (TPSA) is 43.1 Å². The number of halogens is 3. The lowest BCUT2D eigenvalue weighted by Crippen LogP contribution is -2.28. The molecule has 2 nitrogen and oxygen atoms in total. The monoisotopic (exact) mass is 317 g/mol. The highest BCUT2D eigenvalue weighted by Crippen LogP contribution is 2.38. The van der Waals surface area contributed by atoms with Crippen LogP contribution in [0.3, 0.4) is 0 Å². The van der Waals surface area contributed by atoms with Crippen LogP contribution < -0.4 is 5.73 Å². The number of ketones is 1. The van der Waals surface area contributed by atoms with Crippen LogP contribution >= 0.6 is 15.9 Å². The Bertz CT molecular complexity index is 466. The van der Waals surface area contributed by atoms with Gasteiger partial charge in [-0.3, -0.25) is 4.79 Å². The van der Waals surface area contributed by atoms with Crippen molar-refractivity contribution in [1.82, 2.24) is 0 Å². The molecule has 1 aromatic rings. The third kappa shape index (κ3) is 2.88. The van der Waals surface area contributed by atoms with E-state index < -0.39 is 5.92 Å². The van der Waals surface area contributed by atoms with E-state index in [1.165, 1.54) is 0 Å². The third-order valence-corrected chi connectivity index (χ3v) is 4.00. The van der Waals surface area contributed by atoms with Gasteiger partial charge in [0.15, 0.2) is 5.78 Å². The van der Waals surface area contributed by atoms with Gasteiger partial charge in [0.05, 0.1) is 0 Å². The van der Waals surface area contributed by atoms with Crippen LogP contribution in [0.4, 0.5) is 14.5 Å². The van der Waals surface area contributed by atoms with Gasteiger partial charge in [-0.1, -0.05) is 0 Å². The van der Waals surface area contributed by atoms with E-state index >= 15 is 0 Å². The summed E-state index contributed by atoms with van der Waals surface area (Å²) in [5, 5.41) is 0. The van der Waals surface area contributed by atoms with E-state index in [-0.39, 0.29) is 37.4 Å². The molecule has 0 aliphatic heterocycles. The number of alkyl halides is 2. The molecule has 0 radical (unpaired) electrons. The Labute approximate surface area is 113 Å². The Kier molecular flexibility index (Phi) is 3.71. The Morgan fingerprint density at radius 3 is 2.50 bits per heavy atom.